The summed E-state index contributed by atoms with van der Waals surface area (Å²) in [6.45, 7) is 0.680. The maximum absolute atomic E-state index is 11.9. The number of benzene rings is 1. The molecule has 0 aliphatic rings. The normalized spacial score (nSPS) is 11.4. The fraction of sp³-hybridized carbons (Fsp3) is 0.182. The molecule has 0 saturated heterocycles. The fourth-order valence-electron chi connectivity index (χ4n) is 1.55. The lowest BCUT2D eigenvalue weighted by atomic mass is 10.2. The van der Waals surface area contributed by atoms with E-state index in [1.165, 1.54) is 12.3 Å². The molecule has 0 spiro atoms. The monoisotopic (exact) mass is 266 g/mol. The molecule has 0 aliphatic heterocycles. The van der Waals surface area contributed by atoms with Gasteiger partial charge in [0.2, 0.25) is 0 Å². The average molecular weight is 266 g/mol. The number of rotatable bonds is 5. The topological polar surface area (TPSA) is 86.9 Å². The van der Waals surface area contributed by atoms with Crippen molar-refractivity contribution >= 4 is 15.7 Å². The summed E-state index contributed by atoms with van der Waals surface area (Å²) in [6.07, 6.45) is 1.39. The van der Waals surface area contributed by atoms with Gasteiger partial charge in [-0.15, -0.1) is 0 Å². The molecular formula is C11H14N4O2S. The number of aromatic amines is 1. The first-order valence-corrected chi connectivity index (χ1v) is 6.86. The van der Waals surface area contributed by atoms with Crippen LogP contribution in [-0.4, -0.2) is 25.7 Å². The highest BCUT2D eigenvalue weighted by atomic mass is 32.2. The molecule has 1 aromatic carbocycles. The molecule has 0 atom stereocenters. The Labute approximate surface area is 105 Å². The third-order valence-corrected chi connectivity index (χ3v) is 3.64. The predicted octanol–water partition coefficient (Wildman–Crippen LogP) is 0.930. The number of H-pyrrole nitrogens is 1. The van der Waals surface area contributed by atoms with Crippen molar-refractivity contribution in [1.82, 2.24) is 15.5 Å². The lowest BCUT2D eigenvalue weighted by Gasteiger charge is -2.07. The standard InChI is InChI=1S/C11H14N4O2S/c1-12-8-9-3-2-4-10(7-9)15-18(16,17)11-5-6-13-14-11/h2-7,12,15H,8H2,1H3,(H,13,14). The molecule has 3 N–H and O–H groups in total. The maximum atomic E-state index is 11.9. The zero-order valence-electron chi connectivity index (χ0n) is 9.84. The van der Waals surface area contributed by atoms with E-state index in [0.29, 0.717) is 12.2 Å². The quantitative estimate of drug-likeness (QED) is 0.751. The van der Waals surface area contributed by atoms with Gasteiger partial charge in [-0.2, -0.15) is 13.5 Å². The van der Waals surface area contributed by atoms with Gasteiger partial charge in [-0.25, -0.2) is 0 Å². The van der Waals surface area contributed by atoms with Crippen LogP contribution in [0.2, 0.25) is 0 Å². The predicted molar refractivity (Wildman–Crippen MR) is 68.6 cm³/mol. The van der Waals surface area contributed by atoms with Gasteiger partial charge < -0.3 is 5.32 Å². The number of aromatic nitrogens is 2. The fourth-order valence-corrected chi connectivity index (χ4v) is 2.51. The van der Waals surface area contributed by atoms with E-state index in [4.69, 9.17) is 0 Å². The Morgan fingerprint density at radius 3 is 2.83 bits per heavy atom. The SMILES string of the molecule is CNCc1cccc(NS(=O)(=O)c2ccn[nH]2)c1. The summed E-state index contributed by atoms with van der Waals surface area (Å²) in [6, 6.07) is 8.61. The molecule has 18 heavy (non-hydrogen) atoms. The van der Waals surface area contributed by atoms with E-state index >= 15 is 0 Å². The molecule has 2 rings (SSSR count). The minimum Gasteiger partial charge on any atom is -0.316 e. The van der Waals surface area contributed by atoms with E-state index in [0.717, 1.165) is 5.56 Å². The number of sulfonamides is 1. The van der Waals surface area contributed by atoms with Gasteiger partial charge in [0.15, 0.2) is 5.03 Å². The molecule has 0 fully saturated rings. The molecule has 0 aliphatic carbocycles. The van der Waals surface area contributed by atoms with E-state index in [-0.39, 0.29) is 5.03 Å². The average Bonchev–Trinajstić information content (AvgIpc) is 2.83. The molecular weight excluding hydrogens is 252 g/mol. The van der Waals surface area contributed by atoms with E-state index in [9.17, 15) is 8.42 Å². The van der Waals surface area contributed by atoms with Crippen LogP contribution in [0.15, 0.2) is 41.6 Å². The zero-order chi connectivity index (χ0) is 13.0. The van der Waals surface area contributed by atoms with Gasteiger partial charge in [-0.3, -0.25) is 9.82 Å². The summed E-state index contributed by atoms with van der Waals surface area (Å²) in [5.41, 5.74) is 1.53. The molecule has 96 valence electrons. The molecule has 0 saturated carbocycles. The third-order valence-electron chi connectivity index (χ3n) is 2.32. The second-order valence-corrected chi connectivity index (χ2v) is 5.41. The summed E-state index contributed by atoms with van der Waals surface area (Å²) in [7, 11) is -1.76. The number of nitrogens with one attached hydrogen (secondary N) is 3. The Bertz CT molecular complexity index is 608. The van der Waals surface area contributed by atoms with Crippen LogP contribution in [0.3, 0.4) is 0 Å². The van der Waals surface area contributed by atoms with Crippen molar-refractivity contribution < 1.29 is 8.42 Å². The van der Waals surface area contributed by atoms with Gasteiger partial charge in [0.25, 0.3) is 10.0 Å². The van der Waals surface area contributed by atoms with Crippen LogP contribution >= 0.6 is 0 Å². The van der Waals surface area contributed by atoms with Crippen molar-refractivity contribution in [3.05, 3.63) is 42.1 Å². The Hall–Kier alpha value is -1.86. The lowest BCUT2D eigenvalue weighted by molar-refractivity contribution is 0.597. The van der Waals surface area contributed by atoms with Crippen LogP contribution in [0.4, 0.5) is 5.69 Å². The van der Waals surface area contributed by atoms with Crippen LogP contribution in [0.5, 0.6) is 0 Å². The van der Waals surface area contributed by atoms with E-state index in [1.54, 1.807) is 18.2 Å². The molecule has 7 heteroatoms. The van der Waals surface area contributed by atoms with Gasteiger partial charge in [-0.1, -0.05) is 12.1 Å². The van der Waals surface area contributed by atoms with Crippen molar-refractivity contribution in [2.45, 2.75) is 11.6 Å². The first-order chi connectivity index (χ1) is 8.62. The highest BCUT2D eigenvalue weighted by Crippen LogP contribution is 2.15. The number of nitrogens with zero attached hydrogens (tertiary/aromatic N) is 1. The highest BCUT2D eigenvalue weighted by molar-refractivity contribution is 7.92. The van der Waals surface area contributed by atoms with Gasteiger partial charge >= 0.3 is 0 Å². The molecule has 2 aromatic rings. The van der Waals surface area contributed by atoms with Gasteiger partial charge in [0.1, 0.15) is 0 Å². The summed E-state index contributed by atoms with van der Waals surface area (Å²) >= 11 is 0. The smallest absolute Gasteiger partial charge is 0.278 e. The lowest BCUT2D eigenvalue weighted by Crippen LogP contribution is -2.14. The van der Waals surface area contributed by atoms with E-state index in [1.807, 2.05) is 13.1 Å². The Morgan fingerprint density at radius 2 is 2.17 bits per heavy atom. The zero-order valence-corrected chi connectivity index (χ0v) is 10.7. The third kappa shape index (κ3) is 2.88. The Balaban J connectivity index is 2.21. The van der Waals surface area contributed by atoms with Crippen LogP contribution in [0.25, 0.3) is 0 Å². The van der Waals surface area contributed by atoms with Gasteiger partial charge in [-0.05, 0) is 30.8 Å². The van der Waals surface area contributed by atoms with Crippen LogP contribution < -0.4 is 10.0 Å². The summed E-state index contributed by atoms with van der Waals surface area (Å²) < 4.78 is 26.4. The van der Waals surface area contributed by atoms with Crippen LogP contribution in [0.1, 0.15) is 5.56 Å². The molecule has 0 radical (unpaired) electrons. The Morgan fingerprint density at radius 1 is 1.33 bits per heavy atom. The number of hydrogen-bond acceptors (Lipinski definition) is 4. The summed E-state index contributed by atoms with van der Waals surface area (Å²) in [5, 5.41) is 9.10. The number of anilines is 1. The largest absolute Gasteiger partial charge is 0.316 e. The molecule has 0 unspecified atom stereocenters. The van der Waals surface area contributed by atoms with Crippen molar-refractivity contribution in [1.29, 1.82) is 0 Å². The van der Waals surface area contributed by atoms with E-state index < -0.39 is 10.0 Å². The number of hydrogen-bond donors (Lipinski definition) is 3. The maximum Gasteiger partial charge on any atom is 0.278 e. The van der Waals surface area contributed by atoms with Gasteiger partial charge in [0.05, 0.1) is 6.20 Å². The second-order valence-electron chi connectivity index (χ2n) is 3.76. The molecule has 0 bridgehead atoms. The summed E-state index contributed by atoms with van der Waals surface area (Å²) in [4.78, 5) is 0. The first-order valence-electron chi connectivity index (χ1n) is 5.37. The van der Waals surface area contributed by atoms with Crippen LogP contribution in [0, 0.1) is 0 Å². The summed E-state index contributed by atoms with van der Waals surface area (Å²) in [5.74, 6) is 0. The Kier molecular flexibility index (Phi) is 3.63. The van der Waals surface area contributed by atoms with Crippen molar-refractivity contribution in [3.63, 3.8) is 0 Å². The second kappa shape index (κ2) is 5.19. The van der Waals surface area contributed by atoms with Crippen molar-refractivity contribution in [3.8, 4) is 0 Å². The minimum atomic E-state index is -3.59. The van der Waals surface area contributed by atoms with Gasteiger partial charge in [0, 0.05) is 12.2 Å². The molecule has 6 nitrogen and oxygen atoms in total. The molecule has 1 heterocycles. The van der Waals surface area contributed by atoms with Crippen molar-refractivity contribution in [2.24, 2.45) is 0 Å². The molecule has 1 aromatic heterocycles. The van der Waals surface area contributed by atoms with Crippen molar-refractivity contribution in [2.75, 3.05) is 11.8 Å². The first kappa shape index (κ1) is 12.6. The van der Waals surface area contributed by atoms with Crippen LogP contribution in [-0.2, 0) is 16.6 Å². The highest BCUT2D eigenvalue weighted by Gasteiger charge is 2.15. The minimum absolute atomic E-state index is 0.0431. The molecule has 0 amide bonds. The van der Waals surface area contributed by atoms with E-state index in [2.05, 4.69) is 20.2 Å².